The fourth-order valence-electron chi connectivity index (χ4n) is 1.78. The Balaban J connectivity index is 2.70. The van der Waals surface area contributed by atoms with Crippen molar-refractivity contribution in [3.8, 4) is 5.75 Å². The molecule has 18 heavy (non-hydrogen) atoms. The normalized spacial score (nSPS) is 13.4. The maximum atomic E-state index is 12.2. The molecule has 1 rings (SSSR count). The van der Waals surface area contributed by atoms with Crippen LogP contribution in [0.3, 0.4) is 0 Å². The van der Waals surface area contributed by atoms with Crippen molar-refractivity contribution >= 4 is 0 Å². The van der Waals surface area contributed by atoms with E-state index in [4.69, 9.17) is 4.74 Å². The van der Waals surface area contributed by atoms with Crippen molar-refractivity contribution in [2.45, 2.75) is 32.0 Å². The molecule has 0 amide bonds. The standard InChI is InChI=1S/C13H18F3NO/c1-3-17-12(8-9-13(14,15)16)10-4-6-11(18-2)7-5-10/h4-7,12,17H,3,8-9H2,1-2H3. The average molecular weight is 261 g/mol. The predicted octanol–water partition coefficient (Wildman–Crippen LogP) is 3.69. The first-order valence-electron chi connectivity index (χ1n) is 5.90. The molecule has 0 aliphatic carbocycles. The molecule has 0 saturated carbocycles. The third-order valence-electron chi connectivity index (χ3n) is 2.69. The number of hydrogen-bond donors (Lipinski definition) is 1. The minimum atomic E-state index is -4.11. The Hall–Kier alpha value is -1.23. The molecule has 1 aromatic carbocycles. The van der Waals surface area contributed by atoms with Gasteiger partial charge in [-0.3, -0.25) is 0 Å². The molecule has 0 heterocycles. The van der Waals surface area contributed by atoms with Gasteiger partial charge in [0.25, 0.3) is 0 Å². The highest BCUT2D eigenvalue weighted by molar-refractivity contribution is 5.29. The minimum Gasteiger partial charge on any atom is -0.497 e. The molecular formula is C13H18F3NO. The zero-order valence-electron chi connectivity index (χ0n) is 10.6. The highest BCUT2D eigenvalue weighted by atomic mass is 19.4. The molecule has 0 aliphatic heterocycles. The van der Waals surface area contributed by atoms with Gasteiger partial charge in [0, 0.05) is 12.5 Å². The van der Waals surface area contributed by atoms with Crippen LogP contribution in [0.15, 0.2) is 24.3 Å². The molecule has 0 aliphatic rings. The average Bonchev–Trinajstić information content (AvgIpc) is 2.33. The van der Waals surface area contributed by atoms with Crippen molar-refractivity contribution in [3.05, 3.63) is 29.8 Å². The molecule has 1 N–H and O–H groups in total. The molecule has 0 radical (unpaired) electrons. The Bertz CT molecular complexity index is 348. The first-order chi connectivity index (χ1) is 8.46. The first kappa shape index (κ1) is 14.8. The van der Waals surface area contributed by atoms with E-state index in [1.807, 2.05) is 6.92 Å². The van der Waals surface area contributed by atoms with Gasteiger partial charge in [-0.15, -0.1) is 0 Å². The summed E-state index contributed by atoms with van der Waals surface area (Å²) in [6.45, 7) is 2.51. The minimum absolute atomic E-state index is 0.0453. The first-order valence-corrected chi connectivity index (χ1v) is 5.90. The van der Waals surface area contributed by atoms with Gasteiger partial charge in [0.05, 0.1) is 7.11 Å². The number of ether oxygens (including phenoxy) is 1. The van der Waals surface area contributed by atoms with Gasteiger partial charge in [-0.25, -0.2) is 0 Å². The van der Waals surface area contributed by atoms with E-state index in [1.165, 1.54) is 0 Å². The largest absolute Gasteiger partial charge is 0.497 e. The lowest BCUT2D eigenvalue weighted by Crippen LogP contribution is -2.23. The zero-order chi connectivity index (χ0) is 13.6. The van der Waals surface area contributed by atoms with Crippen molar-refractivity contribution in [3.63, 3.8) is 0 Å². The van der Waals surface area contributed by atoms with Gasteiger partial charge in [0.2, 0.25) is 0 Å². The molecule has 0 aromatic heterocycles. The maximum absolute atomic E-state index is 12.2. The summed E-state index contributed by atoms with van der Waals surface area (Å²) in [4.78, 5) is 0. The van der Waals surface area contributed by atoms with E-state index in [1.54, 1.807) is 31.4 Å². The number of alkyl halides is 3. The van der Waals surface area contributed by atoms with Gasteiger partial charge in [0.15, 0.2) is 0 Å². The van der Waals surface area contributed by atoms with E-state index < -0.39 is 12.6 Å². The molecule has 5 heteroatoms. The number of methoxy groups -OCH3 is 1. The molecular weight excluding hydrogens is 243 g/mol. The third-order valence-corrected chi connectivity index (χ3v) is 2.69. The summed E-state index contributed by atoms with van der Waals surface area (Å²) in [7, 11) is 1.56. The van der Waals surface area contributed by atoms with Crippen LogP contribution in [0, 0.1) is 0 Å². The van der Waals surface area contributed by atoms with E-state index in [0.717, 1.165) is 5.56 Å². The number of rotatable bonds is 6. The van der Waals surface area contributed by atoms with Crippen molar-refractivity contribution in [1.29, 1.82) is 0 Å². The van der Waals surface area contributed by atoms with Crippen LogP contribution in [0.2, 0.25) is 0 Å². The van der Waals surface area contributed by atoms with Crippen LogP contribution in [0.25, 0.3) is 0 Å². The second-order valence-electron chi connectivity index (χ2n) is 4.04. The predicted molar refractivity (Wildman–Crippen MR) is 64.7 cm³/mol. The van der Waals surface area contributed by atoms with E-state index in [9.17, 15) is 13.2 Å². The summed E-state index contributed by atoms with van der Waals surface area (Å²) < 4.78 is 41.8. The summed E-state index contributed by atoms with van der Waals surface area (Å²) in [5.41, 5.74) is 0.849. The van der Waals surface area contributed by atoms with Crippen molar-refractivity contribution < 1.29 is 17.9 Å². The van der Waals surface area contributed by atoms with Crippen LogP contribution >= 0.6 is 0 Å². The van der Waals surface area contributed by atoms with Gasteiger partial charge in [-0.1, -0.05) is 19.1 Å². The van der Waals surface area contributed by atoms with Crippen LogP contribution in [0.1, 0.15) is 31.4 Å². The van der Waals surface area contributed by atoms with Gasteiger partial charge in [-0.05, 0) is 30.7 Å². The summed E-state index contributed by atoms with van der Waals surface area (Å²) in [6.07, 6.45) is -4.85. The molecule has 2 nitrogen and oxygen atoms in total. The Morgan fingerprint density at radius 3 is 2.28 bits per heavy atom. The van der Waals surface area contributed by atoms with E-state index in [2.05, 4.69) is 5.32 Å². The number of halogens is 3. The zero-order valence-corrected chi connectivity index (χ0v) is 10.6. The summed E-state index contributed by atoms with van der Waals surface area (Å²) >= 11 is 0. The Kier molecular flexibility index (Phi) is 5.47. The number of benzene rings is 1. The SMILES string of the molecule is CCNC(CCC(F)(F)F)c1ccc(OC)cc1. The summed E-state index contributed by atoms with van der Waals surface area (Å²) in [5.74, 6) is 0.699. The van der Waals surface area contributed by atoms with E-state index in [0.29, 0.717) is 12.3 Å². The van der Waals surface area contributed by atoms with Crippen LogP contribution in [0.5, 0.6) is 5.75 Å². The fourth-order valence-corrected chi connectivity index (χ4v) is 1.78. The molecule has 1 atom stereocenters. The second-order valence-corrected chi connectivity index (χ2v) is 4.04. The van der Waals surface area contributed by atoms with Crippen molar-refractivity contribution in [2.24, 2.45) is 0 Å². The lowest BCUT2D eigenvalue weighted by Gasteiger charge is -2.19. The Labute approximate surface area is 105 Å². The maximum Gasteiger partial charge on any atom is 0.389 e. The molecule has 0 spiro atoms. The highest BCUT2D eigenvalue weighted by Gasteiger charge is 2.28. The Morgan fingerprint density at radius 1 is 1.22 bits per heavy atom. The molecule has 0 fully saturated rings. The van der Waals surface area contributed by atoms with Gasteiger partial charge in [-0.2, -0.15) is 13.2 Å². The molecule has 102 valence electrons. The smallest absolute Gasteiger partial charge is 0.389 e. The lowest BCUT2D eigenvalue weighted by molar-refractivity contribution is -0.136. The van der Waals surface area contributed by atoms with E-state index in [-0.39, 0.29) is 12.5 Å². The monoisotopic (exact) mass is 261 g/mol. The van der Waals surface area contributed by atoms with Gasteiger partial charge in [0.1, 0.15) is 5.75 Å². The molecule has 0 bridgehead atoms. The van der Waals surface area contributed by atoms with Crippen molar-refractivity contribution in [2.75, 3.05) is 13.7 Å². The second kappa shape index (κ2) is 6.64. The highest BCUT2D eigenvalue weighted by Crippen LogP contribution is 2.28. The van der Waals surface area contributed by atoms with Gasteiger partial charge >= 0.3 is 6.18 Å². The van der Waals surface area contributed by atoms with Crippen LogP contribution in [-0.4, -0.2) is 19.8 Å². The molecule has 0 saturated heterocycles. The fraction of sp³-hybridized carbons (Fsp3) is 0.538. The quantitative estimate of drug-likeness (QED) is 0.843. The third kappa shape index (κ3) is 4.96. The molecule has 1 aromatic rings. The van der Waals surface area contributed by atoms with Crippen LogP contribution < -0.4 is 10.1 Å². The van der Waals surface area contributed by atoms with E-state index >= 15 is 0 Å². The number of nitrogens with one attached hydrogen (secondary N) is 1. The molecule has 1 unspecified atom stereocenters. The number of hydrogen-bond acceptors (Lipinski definition) is 2. The Morgan fingerprint density at radius 2 is 1.83 bits per heavy atom. The topological polar surface area (TPSA) is 21.3 Å². The van der Waals surface area contributed by atoms with Crippen LogP contribution in [-0.2, 0) is 0 Å². The summed E-state index contributed by atoms with van der Waals surface area (Å²) in [6, 6.07) is 6.83. The lowest BCUT2D eigenvalue weighted by atomic mass is 10.0. The van der Waals surface area contributed by atoms with Crippen molar-refractivity contribution in [1.82, 2.24) is 5.32 Å². The van der Waals surface area contributed by atoms with Crippen LogP contribution in [0.4, 0.5) is 13.2 Å². The summed E-state index contributed by atoms with van der Waals surface area (Å²) in [5, 5.41) is 3.07. The van der Waals surface area contributed by atoms with Gasteiger partial charge < -0.3 is 10.1 Å².